The van der Waals surface area contributed by atoms with E-state index < -0.39 is 0 Å². The Bertz CT molecular complexity index is 629. The lowest BCUT2D eigenvalue weighted by Crippen LogP contribution is -2.31. The van der Waals surface area contributed by atoms with Gasteiger partial charge in [0.25, 0.3) is 0 Å². The Labute approximate surface area is 126 Å². The maximum absolute atomic E-state index is 11.9. The molecule has 20 heavy (non-hydrogen) atoms. The summed E-state index contributed by atoms with van der Waals surface area (Å²) in [6.45, 7) is 5.81. The zero-order chi connectivity index (χ0) is 14.7. The molecule has 2 N–H and O–H groups in total. The number of nitrogens with one attached hydrogen (secondary N) is 2. The molecule has 0 aliphatic carbocycles. The average Bonchev–Trinajstić information content (AvgIpc) is 2.71. The number of anilines is 1. The van der Waals surface area contributed by atoms with Gasteiger partial charge in [-0.2, -0.15) is 0 Å². The summed E-state index contributed by atoms with van der Waals surface area (Å²) in [5.74, 6) is 0. The third-order valence-corrected chi connectivity index (χ3v) is 4.24. The molecule has 2 rings (SSSR count). The summed E-state index contributed by atoms with van der Waals surface area (Å²) in [7, 11) is 0. The van der Waals surface area contributed by atoms with Gasteiger partial charge in [0, 0.05) is 11.1 Å². The molecule has 0 saturated carbocycles. The molecule has 0 spiro atoms. The SMILES string of the molecule is Cc1nc(C)c(C(C)NC(=O)Nc2cccnc2Cl)s1. The second-order valence-electron chi connectivity index (χ2n) is 4.34. The third-order valence-electron chi connectivity index (χ3n) is 2.69. The minimum Gasteiger partial charge on any atom is -0.330 e. The van der Waals surface area contributed by atoms with E-state index in [9.17, 15) is 4.79 Å². The van der Waals surface area contributed by atoms with Crippen LogP contribution in [0, 0.1) is 13.8 Å². The van der Waals surface area contributed by atoms with Crippen LogP contribution in [0.4, 0.5) is 10.5 Å². The number of aromatic nitrogens is 2. The second kappa shape index (κ2) is 6.19. The van der Waals surface area contributed by atoms with E-state index in [1.54, 1.807) is 29.7 Å². The van der Waals surface area contributed by atoms with Crippen molar-refractivity contribution in [2.45, 2.75) is 26.8 Å². The Morgan fingerprint density at radius 1 is 1.45 bits per heavy atom. The van der Waals surface area contributed by atoms with Gasteiger partial charge in [0.1, 0.15) is 0 Å². The van der Waals surface area contributed by atoms with Crippen molar-refractivity contribution < 1.29 is 4.79 Å². The Morgan fingerprint density at radius 3 is 2.80 bits per heavy atom. The van der Waals surface area contributed by atoms with Crippen LogP contribution < -0.4 is 10.6 Å². The van der Waals surface area contributed by atoms with E-state index in [1.165, 1.54) is 0 Å². The molecule has 1 unspecified atom stereocenters. The van der Waals surface area contributed by atoms with Gasteiger partial charge < -0.3 is 10.6 Å². The number of pyridine rings is 1. The van der Waals surface area contributed by atoms with Gasteiger partial charge in [0.2, 0.25) is 0 Å². The highest BCUT2D eigenvalue weighted by molar-refractivity contribution is 7.11. The van der Waals surface area contributed by atoms with Gasteiger partial charge in [-0.3, -0.25) is 0 Å². The lowest BCUT2D eigenvalue weighted by Gasteiger charge is -2.14. The Morgan fingerprint density at radius 2 is 2.20 bits per heavy atom. The van der Waals surface area contributed by atoms with E-state index in [-0.39, 0.29) is 17.2 Å². The van der Waals surface area contributed by atoms with E-state index in [0.29, 0.717) is 5.69 Å². The zero-order valence-electron chi connectivity index (χ0n) is 11.4. The molecule has 0 fully saturated rings. The monoisotopic (exact) mass is 310 g/mol. The minimum atomic E-state index is -0.321. The summed E-state index contributed by atoms with van der Waals surface area (Å²) in [6, 6.07) is 2.97. The highest BCUT2D eigenvalue weighted by Crippen LogP contribution is 2.24. The fraction of sp³-hybridized carbons (Fsp3) is 0.308. The van der Waals surface area contributed by atoms with Gasteiger partial charge in [-0.15, -0.1) is 11.3 Å². The smallest absolute Gasteiger partial charge is 0.319 e. The number of nitrogens with zero attached hydrogens (tertiary/aromatic N) is 2. The van der Waals surface area contributed by atoms with Crippen LogP contribution >= 0.6 is 22.9 Å². The predicted octanol–water partition coefficient (Wildman–Crippen LogP) is 3.69. The number of hydrogen-bond acceptors (Lipinski definition) is 4. The highest BCUT2D eigenvalue weighted by Gasteiger charge is 2.15. The van der Waals surface area contributed by atoms with Crippen LogP contribution in [-0.2, 0) is 0 Å². The van der Waals surface area contributed by atoms with Crippen molar-refractivity contribution in [2.75, 3.05) is 5.32 Å². The molecule has 0 aromatic carbocycles. The first-order valence-corrected chi connectivity index (χ1v) is 7.28. The Hall–Kier alpha value is -1.66. The molecule has 0 aliphatic heterocycles. The van der Waals surface area contributed by atoms with E-state index in [1.807, 2.05) is 20.8 Å². The fourth-order valence-electron chi connectivity index (χ4n) is 1.85. The van der Waals surface area contributed by atoms with Crippen LogP contribution in [0.1, 0.15) is 28.5 Å². The van der Waals surface area contributed by atoms with Gasteiger partial charge in [-0.1, -0.05) is 11.6 Å². The molecule has 2 amide bonds. The first-order valence-electron chi connectivity index (χ1n) is 6.09. The molecule has 106 valence electrons. The largest absolute Gasteiger partial charge is 0.330 e. The van der Waals surface area contributed by atoms with Crippen LogP contribution in [0.15, 0.2) is 18.3 Å². The van der Waals surface area contributed by atoms with E-state index in [2.05, 4.69) is 20.6 Å². The summed E-state index contributed by atoms with van der Waals surface area (Å²) in [6.07, 6.45) is 1.57. The van der Waals surface area contributed by atoms with E-state index in [4.69, 9.17) is 11.6 Å². The molecule has 2 aromatic rings. The molecule has 2 aromatic heterocycles. The van der Waals surface area contributed by atoms with E-state index in [0.717, 1.165) is 15.6 Å². The number of thiazole rings is 1. The van der Waals surface area contributed by atoms with Crippen LogP contribution in [-0.4, -0.2) is 16.0 Å². The van der Waals surface area contributed by atoms with E-state index >= 15 is 0 Å². The van der Waals surface area contributed by atoms with Crippen LogP contribution in [0.3, 0.4) is 0 Å². The van der Waals surface area contributed by atoms with Gasteiger partial charge in [-0.05, 0) is 32.9 Å². The molecule has 2 heterocycles. The van der Waals surface area contributed by atoms with Crippen molar-refractivity contribution in [3.05, 3.63) is 39.1 Å². The number of carbonyl (C=O) groups excluding carboxylic acids is 1. The maximum Gasteiger partial charge on any atom is 0.319 e. The topological polar surface area (TPSA) is 66.9 Å². The van der Waals surface area contributed by atoms with Crippen molar-refractivity contribution in [3.8, 4) is 0 Å². The summed E-state index contributed by atoms with van der Waals surface area (Å²) in [5.41, 5.74) is 1.43. The number of aryl methyl sites for hydroxylation is 2. The summed E-state index contributed by atoms with van der Waals surface area (Å²) < 4.78 is 0. The molecule has 7 heteroatoms. The van der Waals surface area contributed by atoms with Crippen LogP contribution in [0.5, 0.6) is 0 Å². The third kappa shape index (κ3) is 3.46. The van der Waals surface area contributed by atoms with Crippen molar-refractivity contribution >= 4 is 34.7 Å². The molecule has 0 bridgehead atoms. The van der Waals surface area contributed by atoms with Gasteiger partial charge in [-0.25, -0.2) is 14.8 Å². The number of urea groups is 1. The Kier molecular flexibility index (Phi) is 4.57. The van der Waals surface area contributed by atoms with Gasteiger partial charge in [0.15, 0.2) is 5.15 Å². The lowest BCUT2D eigenvalue weighted by atomic mass is 10.2. The van der Waals surface area contributed by atoms with Crippen molar-refractivity contribution in [2.24, 2.45) is 0 Å². The normalized spacial score (nSPS) is 12.0. The zero-order valence-corrected chi connectivity index (χ0v) is 13.0. The molecule has 0 saturated heterocycles. The molecule has 1 atom stereocenters. The van der Waals surface area contributed by atoms with Crippen molar-refractivity contribution in [1.29, 1.82) is 0 Å². The van der Waals surface area contributed by atoms with Crippen molar-refractivity contribution in [3.63, 3.8) is 0 Å². The lowest BCUT2D eigenvalue weighted by molar-refractivity contribution is 0.249. The molecule has 5 nitrogen and oxygen atoms in total. The summed E-state index contributed by atoms with van der Waals surface area (Å²) in [4.78, 5) is 21.2. The molecular formula is C13H15ClN4OS. The molecule has 0 radical (unpaired) electrons. The minimum absolute atomic E-state index is 0.114. The predicted molar refractivity (Wildman–Crippen MR) is 81.4 cm³/mol. The quantitative estimate of drug-likeness (QED) is 0.850. The number of carbonyl (C=O) groups is 1. The summed E-state index contributed by atoms with van der Waals surface area (Å²) >= 11 is 7.47. The standard InChI is InChI=1S/C13H15ClN4OS/c1-7-11(20-9(3)16-7)8(2)17-13(19)18-10-5-4-6-15-12(10)14/h4-6,8H,1-3H3,(H2,17,18,19). The van der Waals surface area contributed by atoms with Gasteiger partial charge >= 0.3 is 6.03 Å². The maximum atomic E-state index is 11.9. The number of rotatable bonds is 3. The number of halogens is 1. The number of amides is 2. The first-order chi connectivity index (χ1) is 9.47. The van der Waals surface area contributed by atoms with Crippen LogP contribution in [0.2, 0.25) is 5.15 Å². The first kappa shape index (κ1) is 14.7. The molecule has 0 aliphatic rings. The molecular weight excluding hydrogens is 296 g/mol. The summed E-state index contributed by atoms with van der Waals surface area (Å²) in [5, 5.41) is 6.79. The van der Waals surface area contributed by atoms with Crippen molar-refractivity contribution in [1.82, 2.24) is 15.3 Å². The van der Waals surface area contributed by atoms with Crippen LogP contribution in [0.25, 0.3) is 0 Å². The van der Waals surface area contributed by atoms with Gasteiger partial charge in [0.05, 0.1) is 22.4 Å². The highest BCUT2D eigenvalue weighted by atomic mass is 35.5. The second-order valence-corrected chi connectivity index (χ2v) is 5.94. The Balaban J connectivity index is 2.01. The average molecular weight is 311 g/mol. The fourth-order valence-corrected chi connectivity index (χ4v) is 2.95. The number of hydrogen-bond donors (Lipinski definition) is 2.